The highest BCUT2D eigenvalue weighted by molar-refractivity contribution is 5.35. The number of rotatable bonds is 5. The molecule has 0 amide bonds. The zero-order valence-corrected chi connectivity index (χ0v) is 11.3. The van der Waals surface area contributed by atoms with Gasteiger partial charge in [-0.05, 0) is 50.9 Å². The molecule has 1 aliphatic heterocycles. The molecule has 2 N–H and O–H groups in total. The molecule has 104 valence electrons. The maximum Gasteiger partial charge on any atom is 0.269 e. The number of nitrogens with one attached hydrogen (secondary N) is 2. The topological polar surface area (TPSA) is 67.2 Å². The van der Waals surface area contributed by atoms with E-state index in [-0.39, 0.29) is 16.7 Å². The van der Waals surface area contributed by atoms with Crippen LogP contribution >= 0.6 is 0 Å². The average molecular weight is 263 g/mol. The summed E-state index contributed by atoms with van der Waals surface area (Å²) in [6, 6.07) is 7.00. The van der Waals surface area contributed by atoms with Crippen LogP contribution in [0.1, 0.15) is 31.4 Å². The minimum absolute atomic E-state index is 0.141. The van der Waals surface area contributed by atoms with E-state index >= 15 is 0 Å². The molecule has 2 rings (SSSR count). The summed E-state index contributed by atoms with van der Waals surface area (Å²) >= 11 is 0. The van der Waals surface area contributed by atoms with Gasteiger partial charge >= 0.3 is 0 Å². The fourth-order valence-electron chi connectivity index (χ4n) is 2.47. The van der Waals surface area contributed by atoms with Crippen molar-refractivity contribution in [3.05, 3.63) is 39.9 Å². The molecule has 1 saturated heterocycles. The Morgan fingerprint density at radius 1 is 1.58 bits per heavy atom. The van der Waals surface area contributed by atoms with Crippen LogP contribution in [-0.4, -0.2) is 24.6 Å². The van der Waals surface area contributed by atoms with Gasteiger partial charge in [0.25, 0.3) is 5.69 Å². The van der Waals surface area contributed by atoms with Crippen molar-refractivity contribution in [2.75, 3.05) is 19.6 Å². The minimum Gasteiger partial charge on any atom is -0.316 e. The minimum atomic E-state index is -0.346. The van der Waals surface area contributed by atoms with Crippen LogP contribution in [0.25, 0.3) is 0 Å². The molecule has 0 saturated carbocycles. The summed E-state index contributed by atoms with van der Waals surface area (Å²) in [5.41, 5.74) is 1.13. The van der Waals surface area contributed by atoms with Crippen molar-refractivity contribution < 1.29 is 4.92 Å². The van der Waals surface area contributed by atoms with Gasteiger partial charge in [-0.15, -0.1) is 0 Å². The number of nitro benzene ring substituents is 1. The zero-order chi connectivity index (χ0) is 13.7. The third kappa shape index (κ3) is 4.01. The first-order chi connectivity index (χ1) is 9.16. The third-order valence-corrected chi connectivity index (χ3v) is 3.69. The molecule has 19 heavy (non-hydrogen) atoms. The van der Waals surface area contributed by atoms with E-state index in [4.69, 9.17) is 0 Å². The summed E-state index contributed by atoms with van der Waals surface area (Å²) in [7, 11) is 0. The van der Waals surface area contributed by atoms with Gasteiger partial charge in [0.1, 0.15) is 0 Å². The Bertz CT molecular complexity index is 430. The lowest BCUT2D eigenvalue weighted by atomic mass is 9.99. The lowest BCUT2D eigenvalue weighted by molar-refractivity contribution is -0.384. The Hall–Kier alpha value is -1.46. The van der Waals surface area contributed by atoms with Crippen molar-refractivity contribution in [2.24, 2.45) is 5.92 Å². The second-order valence-corrected chi connectivity index (χ2v) is 5.19. The summed E-state index contributed by atoms with van der Waals surface area (Å²) in [6.45, 7) is 5.19. The summed E-state index contributed by atoms with van der Waals surface area (Å²) in [5, 5.41) is 17.6. The summed E-state index contributed by atoms with van der Waals surface area (Å²) in [6.07, 6.45) is 2.49. The smallest absolute Gasteiger partial charge is 0.269 e. The fraction of sp³-hybridized carbons (Fsp3) is 0.571. The summed E-state index contributed by atoms with van der Waals surface area (Å²) in [4.78, 5) is 10.4. The highest BCUT2D eigenvalue weighted by Crippen LogP contribution is 2.19. The Morgan fingerprint density at radius 3 is 3.11 bits per heavy atom. The molecule has 2 atom stereocenters. The molecule has 0 radical (unpaired) electrons. The van der Waals surface area contributed by atoms with Gasteiger partial charge in [-0.1, -0.05) is 12.1 Å². The van der Waals surface area contributed by atoms with Crippen molar-refractivity contribution in [2.45, 2.75) is 25.8 Å². The number of nitro groups is 1. The molecule has 1 aromatic rings. The molecule has 5 heteroatoms. The highest BCUT2D eigenvalue weighted by Gasteiger charge is 2.15. The van der Waals surface area contributed by atoms with Crippen molar-refractivity contribution in [1.29, 1.82) is 0 Å². The Balaban J connectivity index is 1.89. The quantitative estimate of drug-likeness (QED) is 0.631. The predicted molar refractivity (Wildman–Crippen MR) is 75.1 cm³/mol. The molecule has 1 aromatic carbocycles. The maximum atomic E-state index is 10.8. The van der Waals surface area contributed by atoms with Crippen LogP contribution in [0.2, 0.25) is 0 Å². The van der Waals surface area contributed by atoms with Gasteiger partial charge in [-0.25, -0.2) is 0 Å². The van der Waals surface area contributed by atoms with Crippen LogP contribution in [0.4, 0.5) is 5.69 Å². The molecule has 1 fully saturated rings. The molecule has 0 aromatic heterocycles. The highest BCUT2D eigenvalue weighted by atomic mass is 16.6. The second-order valence-electron chi connectivity index (χ2n) is 5.19. The van der Waals surface area contributed by atoms with Crippen LogP contribution in [0, 0.1) is 16.0 Å². The van der Waals surface area contributed by atoms with Crippen LogP contribution in [0.5, 0.6) is 0 Å². The largest absolute Gasteiger partial charge is 0.316 e. The molecular formula is C14H21N3O2. The maximum absolute atomic E-state index is 10.8. The van der Waals surface area contributed by atoms with Gasteiger partial charge in [-0.3, -0.25) is 10.1 Å². The second kappa shape index (κ2) is 6.63. The monoisotopic (exact) mass is 263 g/mol. The number of benzene rings is 1. The van der Waals surface area contributed by atoms with E-state index in [9.17, 15) is 10.1 Å². The number of hydrogen-bond acceptors (Lipinski definition) is 4. The first-order valence-electron chi connectivity index (χ1n) is 6.85. The lowest BCUT2D eigenvalue weighted by Crippen LogP contribution is -2.36. The zero-order valence-electron chi connectivity index (χ0n) is 11.3. The summed E-state index contributed by atoms with van der Waals surface area (Å²) in [5.74, 6) is 0.662. The molecule has 0 aliphatic carbocycles. The van der Waals surface area contributed by atoms with Gasteiger partial charge < -0.3 is 10.6 Å². The van der Waals surface area contributed by atoms with Gasteiger partial charge in [0, 0.05) is 18.2 Å². The van der Waals surface area contributed by atoms with E-state index in [0.29, 0.717) is 5.92 Å². The van der Waals surface area contributed by atoms with Crippen LogP contribution in [-0.2, 0) is 0 Å². The van der Waals surface area contributed by atoms with Crippen LogP contribution in [0.3, 0.4) is 0 Å². The first kappa shape index (κ1) is 14.0. The fourth-order valence-corrected chi connectivity index (χ4v) is 2.47. The number of non-ortho nitro benzene ring substituents is 1. The lowest BCUT2D eigenvalue weighted by Gasteiger charge is -2.25. The average Bonchev–Trinajstić information content (AvgIpc) is 2.46. The van der Waals surface area contributed by atoms with Crippen LogP contribution in [0.15, 0.2) is 24.3 Å². The van der Waals surface area contributed by atoms with Gasteiger partial charge in [0.2, 0.25) is 0 Å². The SMILES string of the molecule is CC(NCC1CCCNC1)c1cccc([N+](=O)[O-])c1. The number of piperidine rings is 1. The first-order valence-corrected chi connectivity index (χ1v) is 6.85. The molecule has 1 heterocycles. The van der Waals surface area contributed by atoms with Crippen LogP contribution < -0.4 is 10.6 Å². The standard InChI is InChI=1S/C14H21N3O2/c1-11(16-10-12-4-3-7-15-9-12)13-5-2-6-14(8-13)17(18)19/h2,5-6,8,11-12,15-16H,3-4,7,9-10H2,1H3. The molecule has 2 unspecified atom stereocenters. The summed E-state index contributed by atoms with van der Waals surface area (Å²) < 4.78 is 0. The molecule has 0 bridgehead atoms. The molecule has 0 spiro atoms. The van der Waals surface area contributed by atoms with E-state index in [1.54, 1.807) is 12.1 Å². The van der Waals surface area contributed by atoms with Gasteiger partial charge in [-0.2, -0.15) is 0 Å². The normalized spacial score (nSPS) is 21.0. The van der Waals surface area contributed by atoms with Crippen molar-refractivity contribution in [1.82, 2.24) is 10.6 Å². The van der Waals surface area contributed by atoms with E-state index in [2.05, 4.69) is 17.6 Å². The predicted octanol–water partition coefficient (Wildman–Crippen LogP) is 2.25. The van der Waals surface area contributed by atoms with E-state index in [1.165, 1.54) is 18.9 Å². The Labute approximate surface area is 113 Å². The van der Waals surface area contributed by atoms with E-state index in [0.717, 1.165) is 25.2 Å². The molecular weight excluding hydrogens is 242 g/mol. The van der Waals surface area contributed by atoms with Crippen molar-refractivity contribution in [3.63, 3.8) is 0 Å². The number of hydrogen-bond donors (Lipinski definition) is 2. The molecule has 1 aliphatic rings. The Kier molecular flexibility index (Phi) is 4.87. The van der Waals surface area contributed by atoms with E-state index in [1.807, 2.05) is 6.07 Å². The number of nitrogens with zero attached hydrogens (tertiary/aromatic N) is 1. The van der Waals surface area contributed by atoms with E-state index < -0.39 is 0 Å². The molecule has 5 nitrogen and oxygen atoms in total. The van der Waals surface area contributed by atoms with Gasteiger partial charge in [0.15, 0.2) is 0 Å². The third-order valence-electron chi connectivity index (χ3n) is 3.69. The van der Waals surface area contributed by atoms with Crippen molar-refractivity contribution in [3.8, 4) is 0 Å². The van der Waals surface area contributed by atoms with Crippen molar-refractivity contribution >= 4 is 5.69 Å². The van der Waals surface area contributed by atoms with Gasteiger partial charge in [0.05, 0.1) is 4.92 Å². The Morgan fingerprint density at radius 2 is 2.42 bits per heavy atom.